The van der Waals surface area contributed by atoms with E-state index < -0.39 is 5.97 Å². The summed E-state index contributed by atoms with van der Waals surface area (Å²) in [6, 6.07) is 4.94. The molecule has 1 aliphatic carbocycles. The van der Waals surface area contributed by atoms with E-state index in [4.69, 9.17) is 14.6 Å². The Bertz CT molecular complexity index is 556. The zero-order valence-electron chi connectivity index (χ0n) is 10.8. The number of amides is 1. The lowest BCUT2D eigenvalue weighted by atomic mass is 10.1. The van der Waals surface area contributed by atoms with Crippen LogP contribution < -0.4 is 14.8 Å². The molecule has 1 aromatic rings. The van der Waals surface area contributed by atoms with Gasteiger partial charge in [-0.3, -0.25) is 9.59 Å². The second kappa shape index (κ2) is 5.03. The van der Waals surface area contributed by atoms with Crippen molar-refractivity contribution < 1.29 is 24.2 Å². The third kappa shape index (κ3) is 2.41. The lowest BCUT2D eigenvalue weighted by Crippen LogP contribution is -2.33. The van der Waals surface area contributed by atoms with Gasteiger partial charge in [-0.25, -0.2) is 0 Å². The van der Waals surface area contributed by atoms with E-state index in [0.29, 0.717) is 36.3 Å². The van der Waals surface area contributed by atoms with Crippen LogP contribution in [0.2, 0.25) is 0 Å². The van der Waals surface area contributed by atoms with E-state index in [1.807, 2.05) is 0 Å². The van der Waals surface area contributed by atoms with E-state index in [0.717, 1.165) is 0 Å². The molecule has 0 bridgehead atoms. The third-order valence-corrected chi connectivity index (χ3v) is 3.75. The number of carboxylic acids is 1. The molecule has 0 aromatic heterocycles. The van der Waals surface area contributed by atoms with Crippen LogP contribution in [0, 0.1) is 5.92 Å². The third-order valence-electron chi connectivity index (χ3n) is 3.75. The average molecular weight is 277 g/mol. The molecule has 6 heteroatoms. The van der Waals surface area contributed by atoms with E-state index in [-0.39, 0.29) is 24.7 Å². The van der Waals surface area contributed by atoms with Gasteiger partial charge < -0.3 is 19.9 Å². The largest absolute Gasteiger partial charge is 0.481 e. The normalized spacial score (nSPS) is 23.6. The lowest BCUT2D eigenvalue weighted by molar-refractivity contribution is -0.141. The number of ether oxygens (including phenoxy) is 2. The first-order valence-electron chi connectivity index (χ1n) is 6.57. The van der Waals surface area contributed by atoms with E-state index in [1.165, 1.54) is 0 Å². The smallest absolute Gasteiger partial charge is 0.306 e. The molecule has 0 saturated heterocycles. The van der Waals surface area contributed by atoms with Crippen LogP contribution in [0.4, 0.5) is 0 Å². The quantitative estimate of drug-likeness (QED) is 0.872. The van der Waals surface area contributed by atoms with Gasteiger partial charge in [-0.05, 0) is 37.5 Å². The second-order valence-electron chi connectivity index (χ2n) is 5.09. The van der Waals surface area contributed by atoms with Crippen LogP contribution in [0.3, 0.4) is 0 Å². The van der Waals surface area contributed by atoms with Crippen molar-refractivity contribution in [1.82, 2.24) is 5.32 Å². The molecule has 2 N–H and O–H groups in total. The Morgan fingerprint density at radius 3 is 2.75 bits per heavy atom. The van der Waals surface area contributed by atoms with E-state index in [9.17, 15) is 9.59 Å². The molecule has 0 spiro atoms. The Hall–Kier alpha value is -2.24. The van der Waals surface area contributed by atoms with Gasteiger partial charge in [0.25, 0.3) is 5.91 Å². The summed E-state index contributed by atoms with van der Waals surface area (Å²) >= 11 is 0. The summed E-state index contributed by atoms with van der Waals surface area (Å²) in [5.74, 6) is -0.151. The number of aliphatic carboxylic acids is 1. The fraction of sp³-hybridized carbons (Fsp3) is 0.429. The Labute approximate surface area is 115 Å². The molecule has 20 heavy (non-hydrogen) atoms. The highest BCUT2D eigenvalue weighted by molar-refractivity contribution is 5.95. The van der Waals surface area contributed by atoms with Crippen molar-refractivity contribution in [3.63, 3.8) is 0 Å². The number of carbonyl (C=O) groups excluding carboxylic acids is 1. The number of carbonyl (C=O) groups is 2. The molecule has 1 aromatic carbocycles. The highest BCUT2D eigenvalue weighted by Gasteiger charge is 2.30. The Morgan fingerprint density at radius 1 is 1.20 bits per heavy atom. The molecular formula is C14H15NO5. The molecule has 106 valence electrons. The SMILES string of the molecule is O=C(N[C@H]1CC[C@@H](C(=O)O)C1)c1ccc2c(c1)OCO2. The monoisotopic (exact) mass is 277 g/mol. The number of nitrogens with one attached hydrogen (secondary N) is 1. The molecular weight excluding hydrogens is 262 g/mol. The highest BCUT2D eigenvalue weighted by atomic mass is 16.7. The van der Waals surface area contributed by atoms with E-state index >= 15 is 0 Å². The van der Waals surface area contributed by atoms with Gasteiger partial charge >= 0.3 is 5.97 Å². The van der Waals surface area contributed by atoms with E-state index in [1.54, 1.807) is 18.2 Å². The van der Waals surface area contributed by atoms with Crippen LogP contribution in [0.5, 0.6) is 11.5 Å². The minimum absolute atomic E-state index is 0.0750. The van der Waals surface area contributed by atoms with Crippen LogP contribution in [-0.2, 0) is 4.79 Å². The molecule has 0 unspecified atom stereocenters. The van der Waals surface area contributed by atoms with Crippen molar-refractivity contribution in [2.45, 2.75) is 25.3 Å². The van der Waals surface area contributed by atoms with Crippen molar-refractivity contribution in [3.05, 3.63) is 23.8 Å². The molecule has 1 aliphatic heterocycles. The fourth-order valence-electron chi connectivity index (χ4n) is 2.64. The maximum absolute atomic E-state index is 12.1. The number of fused-ring (bicyclic) bond motifs is 1. The molecule has 3 rings (SSSR count). The predicted octanol–water partition coefficient (Wildman–Crippen LogP) is 1.40. The first kappa shape index (κ1) is 12.8. The first-order valence-corrected chi connectivity index (χ1v) is 6.57. The number of hydrogen-bond donors (Lipinski definition) is 2. The van der Waals surface area contributed by atoms with Crippen molar-refractivity contribution in [1.29, 1.82) is 0 Å². The first-order chi connectivity index (χ1) is 9.63. The molecule has 1 fully saturated rings. The molecule has 6 nitrogen and oxygen atoms in total. The summed E-state index contributed by atoms with van der Waals surface area (Å²) in [7, 11) is 0. The topological polar surface area (TPSA) is 84.9 Å². The second-order valence-corrected chi connectivity index (χ2v) is 5.09. The summed E-state index contributed by atoms with van der Waals surface area (Å²) in [4.78, 5) is 23.0. The molecule has 2 atom stereocenters. The Kier molecular flexibility index (Phi) is 3.22. The van der Waals surface area contributed by atoms with Crippen molar-refractivity contribution in [2.24, 2.45) is 5.92 Å². The number of hydrogen-bond acceptors (Lipinski definition) is 4. The summed E-state index contributed by atoms with van der Waals surface area (Å²) in [5.41, 5.74) is 0.494. The minimum Gasteiger partial charge on any atom is -0.481 e. The predicted molar refractivity (Wildman–Crippen MR) is 68.8 cm³/mol. The van der Waals surface area contributed by atoms with Gasteiger partial charge in [0.05, 0.1) is 5.92 Å². The van der Waals surface area contributed by atoms with Gasteiger partial charge in [-0.1, -0.05) is 0 Å². The summed E-state index contributed by atoms with van der Waals surface area (Å²) in [6.45, 7) is 0.170. The summed E-state index contributed by atoms with van der Waals surface area (Å²) in [5, 5.41) is 11.8. The van der Waals surface area contributed by atoms with E-state index in [2.05, 4.69) is 5.32 Å². The Morgan fingerprint density at radius 2 is 2.00 bits per heavy atom. The summed E-state index contributed by atoms with van der Waals surface area (Å²) < 4.78 is 10.4. The highest BCUT2D eigenvalue weighted by Crippen LogP contribution is 2.32. The van der Waals surface area contributed by atoms with Crippen molar-refractivity contribution in [3.8, 4) is 11.5 Å². The average Bonchev–Trinajstić information content (AvgIpc) is 3.05. The molecule has 1 amide bonds. The zero-order chi connectivity index (χ0) is 14.1. The minimum atomic E-state index is -0.787. The van der Waals surface area contributed by atoms with Gasteiger partial charge in [-0.2, -0.15) is 0 Å². The molecule has 1 heterocycles. The van der Waals surface area contributed by atoms with Gasteiger partial charge in [0.1, 0.15) is 0 Å². The summed E-state index contributed by atoms with van der Waals surface area (Å²) in [6.07, 6.45) is 1.81. The van der Waals surface area contributed by atoms with Gasteiger partial charge in [0.2, 0.25) is 6.79 Å². The maximum Gasteiger partial charge on any atom is 0.306 e. The van der Waals surface area contributed by atoms with Crippen LogP contribution in [0.25, 0.3) is 0 Å². The van der Waals surface area contributed by atoms with Crippen LogP contribution in [0.1, 0.15) is 29.6 Å². The van der Waals surface area contributed by atoms with Crippen LogP contribution in [0.15, 0.2) is 18.2 Å². The number of carboxylic acid groups (broad SMARTS) is 1. The lowest BCUT2D eigenvalue weighted by Gasteiger charge is -2.12. The van der Waals surface area contributed by atoms with Crippen LogP contribution >= 0.6 is 0 Å². The zero-order valence-corrected chi connectivity index (χ0v) is 10.8. The standard InChI is InChI=1S/C14H15NO5/c16-13(15-10-3-1-9(5-10)14(17)18)8-2-4-11-12(6-8)20-7-19-11/h2,4,6,9-10H,1,3,5,7H2,(H,15,16)(H,17,18)/t9-,10+/m1/s1. The molecule has 2 aliphatic rings. The van der Waals surface area contributed by atoms with Gasteiger partial charge in [-0.15, -0.1) is 0 Å². The van der Waals surface area contributed by atoms with Gasteiger partial charge in [0, 0.05) is 11.6 Å². The Balaban J connectivity index is 1.64. The van der Waals surface area contributed by atoms with Crippen molar-refractivity contribution >= 4 is 11.9 Å². The fourth-order valence-corrected chi connectivity index (χ4v) is 2.64. The maximum atomic E-state index is 12.1. The van der Waals surface area contributed by atoms with Gasteiger partial charge in [0.15, 0.2) is 11.5 Å². The molecule has 1 saturated carbocycles. The van der Waals surface area contributed by atoms with Crippen LogP contribution in [-0.4, -0.2) is 29.8 Å². The van der Waals surface area contributed by atoms with Crippen molar-refractivity contribution in [2.75, 3.05) is 6.79 Å². The molecule has 0 radical (unpaired) electrons. The number of benzene rings is 1. The number of rotatable bonds is 3.